The van der Waals surface area contributed by atoms with Crippen molar-refractivity contribution in [3.63, 3.8) is 0 Å². The van der Waals surface area contributed by atoms with Crippen LogP contribution in [-0.4, -0.2) is 6.54 Å². The van der Waals surface area contributed by atoms with Crippen LogP contribution in [0.5, 0.6) is 0 Å². The molecule has 0 aromatic rings. The van der Waals surface area contributed by atoms with Crippen LogP contribution in [-0.2, 0) is 0 Å². The summed E-state index contributed by atoms with van der Waals surface area (Å²) in [6.07, 6.45) is 23.9. The molecule has 0 radical (unpaired) electrons. The van der Waals surface area contributed by atoms with E-state index in [4.69, 9.17) is 5.73 Å². The summed E-state index contributed by atoms with van der Waals surface area (Å²) < 4.78 is 0. The van der Waals surface area contributed by atoms with Crippen LogP contribution in [0.25, 0.3) is 0 Å². The van der Waals surface area contributed by atoms with Crippen LogP contribution in [0, 0.1) is 0 Å². The molecule has 0 rings (SSSR count). The third kappa shape index (κ3) is 20.6. The SMILES string of the molecule is CCCCCCCC/C=C\CCCCCCCCN.[H-].[Li+]. The molecule has 1 nitrogen and oxygen atoms in total. The molecule has 0 saturated carbocycles. The Morgan fingerprint density at radius 3 is 1.50 bits per heavy atom. The van der Waals surface area contributed by atoms with Crippen LogP contribution in [0.4, 0.5) is 0 Å². The van der Waals surface area contributed by atoms with Gasteiger partial charge in [-0.15, -0.1) is 0 Å². The zero-order valence-corrected chi connectivity index (χ0v) is 14.3. The molecule has 0 unspecified atom stereocenters. The van der Waals surface area contributed by atoms with E-state index in [1.54, 1.807) is 0 Å². The van der Waals surface area contributed by atoms with Crippen LogP contribution >= 0.6 is 0 Å². The van der Waals surface area contributed by atoms with E-state index in [0.717, 1.165) is 6.54 Å². The molecular weight excluding hydrogens is 237 g/mol. The molecule has 116 valence electrons. The van der Waals surface area contributed by atoms with E-state index >= 15 is 0 Å². The topological polar surface area (TPSA) is 26.0 Å². The van der Waals surface area contributed by atoms with Gasteiger partial charge >= 0.3 is 18.9 Å². The Bertz CT molecular complexity index is 186. The normalized spacial score (nSPS) is 10.9. The van der Waals surface area contributed by atoms with Crippen molar-refractivity contribution in [3.8, 4) is 0 Å². The summed E-state index contributed by atoms with van der Waals surface area (Å²) in [5, 5.41) is 0. The summed E-state index contributed by atoms with van der Waals surface area (Å²) in [4.78, 5) is 0. The molecule has 0 amide bonds. The Balaban J connectivity index is -0.00000162. The average Bonchev–Trinajstić information content (AvgIpc) is 2.43. The van der Waals surface area contributed by atoms with Crippen LogP contribution in [0.1, 0.15) is 98.2 Å². The summed E-state index contributed by atoms with van der Waals surface area (Å²) in [5.41, 5.74) is 5.47. The van der Waals surface area contributed by atoms with Gasteiger partial charge in [0.05, 0.1) is 0 Å². The van der Waals surface area contributed by atoms with Crippen molar-refractivity contribution in [1.29, 1.82) is 0 Å². The molecule has 0 aliphatic carbocycles. The summed E-state index contributed by atoms with van der Waals surface area (Å²) in [5.74, 6) is 0. The van der Waals surface area contributed by atoms with Crippen molar-refractivity contribution < 1.29 is 20.3 Å². The third-order valence-electron chi connectivity index (χ3n) is 3.72. The first kappa shape index (κ1) is 22.6. The molecule has 0 aromatic heterocycles. The van der Waals surface area contributed by atoms with Crippen molar-refractivity contribution in [2.24, 2.45) is 5.73 Å². The Morgan fingerprint density at radius 1 is 0.650 bits per heavy atom. The molecule has 2 N–H and O–H groups in total. The van der Waals surface area contributed by atoms with Gasteiger partial charge in [-0.25, -0.2) is 0 Å². The van der Waals surface area contributed by atoms with E-state index in [1.165, 1.54) is 89.9 Å². The van der Waals surface area contributed by atoms with Gasteiger partial charge in [0.1, 0.15) is 0 Å². The van der Waals surface area contributed by atoms with Crippen molar-refractivity contribution >= 4 is 0 Å². The van der Waals surface area contributed by atoms with Crippen molar-refractivity contribution in [1.82, 2.24) is 0 Å². The fourth-order valence-corrected chi connectivity index (χ4v) is 2.39. The van der Waals surface area contributed by atoms with Gasteiger partial charge in [0.15, 0.2) is 0 Å². The fraction of sp³-hybridized carbons (Fsp3) is 0.889. The van der Waals surface area contributed by atoms with Crippen molar-refractivity contribution in [2.45, 2.75) is 96.8 Å². The summed E-state index contributed by atoms with van der Waals surface area (Å²) in [7, 11) is 0. The minimum atomic E-state index is 0. The van der Waals surface area contributed by atoms with Gasteiger partial charge in [0.25, 0.3) is 0 Å². The molecule has 0 atom stereocenters. The maximum Gasteiger partial charge on any atom is 1.00 e. The van der Waals surface area contributed by atoms with Gasteiger partial charge in [0.2, 0.25) is 0 Å². The second kappa shape index (κ2) is 21.6. The molecule has 0 saturated heterocycles. The van der Waals surface area contributed by atoms with E-state index in [-0.39, 0.29) is 20.3 Å². The van der Waals surface area contributed by atoms with E-state index in [2.05, 4.69) is 19.1 Å². The second-order valence-corrected chi connectivity index (χ2v) is 5.73. The smallest absolute Gasteiger partial charge is 1.00 e. The molecule has 0 aromatic carbocycles. The summed E-state index contributed by atoms with van der Waals surface area (Å²) in [6.45, 7) is 3.14. The Morgan fingerprint density at radius 2 is 1.05 bits per heavy atom. The minimum Gasteiger partial charge on any atom is -1.00 e. The molecule has 20 heavy (non-hydrogen) atoms. The zero-order valence-electron chi connectivity index (χ0n) is 15.3. The van der Waals surface area contributed by atoms with E-state index in [0.29, 0.717) is 0 Å². The van der Waals surface area contributed by atoms with Crippen LogP contribution in [0.2, 0.25) is 0 Å². The maximum atomic E-state index is 5.47. The molecule has 0 heterocycles. The zero-order chi connectivity index (χ0) is 14.0. The van der Waals surface area contributed by atoms with E-state index < -0.39 is 0 Å². The van der Waals surface area contributed by atoms with Crippen LogP contribution in [0.3, 0.4) is 0 Å². The molecule has 0 aliphatic heterocycles. The number of nitrogens with two attached hydrogens (primary N) is 1. The Labute approximate surface area is 141 Å². The van der Waals surface area contributed by atoms with Gasteiger partial charge in [-0.05, 0) is 38.6 Å². The predicted molar refractivity (Wildman–Crippen MR) is 89.6 cm³/mol. The second-order valence-electron chi connectivity index (χ2n) is 5.73. The minimum absolute atomic E-state index is 0. The largest absolute Gasteiger partial charge is 1.00 e. The van der Waals surface area contributed by atoms with E-state index in [9.17, 15) is 0 Å². The molecule has 2 heteroatoms. The Kier molecular flexibility index (Phi) is 24.4. The van der Waals surface area contributed by atoms with Gasteiger partial charge in [-0.1, -0.05) is 76.9 Å². The van der Waals surface area contributed by atoms with Gasteiger partial charge in [0, 0.05) is 0 Å². The first-order chi connectivity index (χ1) is 9.41. The van der Waals surface area contributed by atoms with Gasteiger partial charge in [-0.3, -0.25) is 0 Å². The molecule has 0 spiro atoms. The molecule has 0 bridgehead atoms. The van der Waals surface area contributed by atoms with Crippen LogP contribution < -0.4 is 24.6 Å². The monoisotopic (exact) mass is 275 g/mol. The summed E-state index contributed by atoms with van der Waals surface area (Å²) >= 11 is 0. The molecule has 0 aliphatic rings. The number of allylic oxidation sites excluding steroid dienone is 2. The number of hydrogen-bond acceptors (Lipinski definition) is 1. The maximum absolute atomic E-state index is 5.47. The van der Waals surface area contributed by atoms with Crippen LogP contribution in [0.15, 0.2) is 12.2 Å². The van der Waals surface area contributed by atoms with Crippen molar-refractivity contribution in [3.05, 3.63) is 12.2 Å². The molecular formula is C18H38LiN. The first-order valence-electron chi connectivity index (χ1n) is 8.77. The molecule has 0 fully saturated rings. The third-order valence-corrected chi connectivity index (χ3v) is 3.72. The fourth-order valence-electron chi connectivity index (χ4n) is 2.39. The van der Waals surface area contributed by atoms with Crippen molar-refractivity contribution in [2.75, 3.05) is 6.54 Å². The predicted octanol–water partition coefficient (Wildman–Crippen LogP) is 3.10. The Hall–Kier alpha value is 0.297. The summed E-state index contributed by atoms with van der Waals surface area (Å²) in [6, 6.07) is 0. The standard InChI is InChI=1S/C18H37N.Li.H/c1-2-3-4-5-6-7-8-9-10-11-12-13-14-15-16-17-18-19;;/h9-10H,2-8,11-19H2,1H3;;/q;+1;-1/b10-9-;;. The quantitative estimate of drug-likeness (QED) is 0.277. The average molecular weight is 275 g/mol. The number of hydrogen-bond donors (Lipinski definition) is 1. The van der Waals surface area contributed by atoms with Gasteiger partial charge < -0.3 is 7.16 Å². The van der Waals surface area contributed by atoms with Gasteiger partial charge in [-0.2, -0.15) is 0 Å². The first-order valence-corrected chi connectivity index (χ1v) is 8.77. The number of unbranched alkanes of at least 4 members (excludes halogenated alkanes) is 12. The number of rotatable bonds is 15. The van der Waals surface area contributed by atoms with E-state index in [1.807, 2.05) is 0 Å².